The Morgan fingerprint density at radius 3 is 2.75 bits per heavy atom. The molecule has 0 fully saturated rings. The Hall–Kier alpha value is -1.52. The van der Waals surface area contributed by atoms with Gasteiger partial charge in [-0.1, -0.05) is 39.7 Å². The number of halogens is 2. The van der Waals surface area contributed by atoms with Gasteiger partial charge >= 0.3 is 0 Å². The monoisotopic (exact) mass is 354 g/mol. The SMILES string of the molecule is COc1cc(C=O)cc(Cl)c1OCc1cccc(Br)c1. The average Bonchev–Trinajstić information content (AvgIpc) is 2.45. The molecule has 104 valence electrons. The van der Waals surface area contributed by atoms with Crippen LogP contribution in [0.4, 0.5) is 0 Å². The first kappa shape index (κ1) is 14.9. The predicted octanol–water partition coefficient (Wildman–Crippen LogP) is 4.50. The van der Waals surface area contributed by atoms with Crippen molar-refractivity contribution in [3.8, 4) is 11.5 Å². The van der Waals surface area contributed by atoms with Crippen molar-refractivity contribution >= 4 is 33.8 Å². The third-order valence-corrected chi connectivity index (χ3v) is 3.43. The van der Waals surface area contributed by atoms with Gasteiger partial charge in [-0.15, -0.1) is 0 Å². The molecule has 0 heterocycles. The second-order valence-electron chi connectivity index (χ2n) is 4.07. The largest absolute Gasteiger partial charge is 0.493 e. The molecule has 2 rings (SSSR count). The fraction of sp³-hybridized carbons (Fsp3) is 0.133. The summed E-state index contributed by atoms with van der Waals surface area (Å²) in [4.78, 5) is 10.8. The fourth-order valence-corrected chi connectivity index (χ4v) is 2.45. The molecule has 0 aliphatic carbocycles. The Balaban J connectivity index is 2.22. The number of carbonyl (C=O) groups excluding carboxylic acids is 1. The molecule has 0 aliphatic rings. The summed E-state index contributed by atoms with van der Waals surface area (Å²) in [5.74, 6) is 0.870. The van der Waals surface area contributed by atoms with Gasteiger partial charge in [-0.2, -0.15) is 0 Å². The van der Waals surface area contributed by atoms with E-state index in [4.69, 9.17) is 21.1 Å². The highest BCUT2D eigenvalue weighted by atomic mass is 79.9. The van der Waals surface area contributed by atoms with Crippen LogP contribution in [0, 0.1) is 0 Å². The van der Waals surface area contributed by atoms with E-state index in [0.29, 0.717) is 35.0 Å². The molecular formula is C15H12BrClO3. The number of hydrogen-bond acceptors (Lipinski definition) is 3. The molecule has 2 aromatic rings. The second-order valence-corrected chi connectivity index (χ2v) is 5.39. The van der Waals surface area contributed by atoms with Crippen molar-refractivity contribution in [3.05, 3.63) is 57.0 Å². The predicted molar refractivity (Wildman–Crippen MR) is 81.9 cm³/mol. The maximum atomic E-state index is 10.8. The lowest BCUT2D eigenvalue weighted by Gasteiger charge is -2.13. The highest BCUT2D eigenvalue weighted by Gasteiger charge is 2.12. The van der Waals surface area contributed by atoms with Crippen LogP contribution in [-0.4, -0.2) is 13.4 Å². The molecule has 0 saturated heterocycles. The third-order valence-electron chi connectivity index (χ3n) is 2.66. The molecule has 0 amide bonds. The van der Waals surface area contributed by atoms with Crippen LogP contribution >= 0.6 is 27.5 Å². The molecule has 0 unspecified atom stereocenters. The Bertz CT molecular complexity index is 629. The van der Waals surface area contributed by atoms with Gasteiger partial charge in [0.05, 0.1) is 12.1 Å². The van der Waals surface area contributed by atoms with Crippen LogP contribution in [0.2, 0.25) is 5.02 Å². The van der Waals surface area contributed by atoms with E-state index in [1.165, 1.54) is 7.11 Å². The second kappa shape index (κ2) is 6.77. The minimum atomic E-state index is 0.349. The van der Waals surface area contributed by atoms with Crippen LogP contribution in [0.1, 0.15) is 15.9 Å². The maximum Gasteiger partial charge on any atom is 0.180 e. The van der Waals surface area contributed by atoms with E-state index in [0.717, 1.165) is 10.0 Å². The molecule has 2 aromatic carbocycles. The summed E-state index contributed by atoms with van der Waals surface area (Å²) in [7, 11) is 1.51. The van der Waals surface area contributed by atoms with Crippen molar-refractivity contribution in [2.24, 2.45) is 0 Å². The molecule has 0 bridgehead atoms. The standard InChI is InChI=1S/C15H12BrClO3/c1-19-14-7-11(8-18)6-13(17)15(14)20-9-10-3-2-4-12(16)5-10/h2-8H,9H2,1H3. The highest BCUT2D eigenvalue weighted by Crippen LogP contribution is 2.36. The molecule has 0 atom stereocenters. The molecule has 3 nitrogen and oxygen atoms in total. The van der Waals surface area contributed by atoms with Crippen LogP contribution in [-0.2, 0) is 6.61 Å². The number of benzene rings is 2. The molecular weight excluding hydrogens is 344 g/mol. The van der Waals surface area contributed by atoms with E-state index in [1.54, 1.807) is 12.1 Å². The van der Waals surface area contributed by atoms with Gasteiger partial charge in [0.25, 0.3) is 0 Å². The molecule has 5 heteroatoms. The van der Waals surface area contributed by atoms with Crippen molar-refractivity contribution in [3.63, 3.8) is 0 Å². The molecule has 0 N–H and O–H groups in total. The molecule has 0 radical (unpaired) electrons. The van der Waals surface area contributed by atoms with E-state index in [2.05, 4.69) is 15.9 Å². The van der Waals surface area contributed by atoms with Gasteiger partial charge in [-0.25, -0.2) is 0 Å². The first-order valence-corrected chi connectivity index (χ1v) is 7.01. The Kier molecular flexibility index (Phi) is 5.04. The quantitative estimate of drug-likeness (QED) is 0.741. The lowest BCUT2D eigenvalue weighted by atomic mass is 10.2. The summed E-state index contributed by atoms with van der Waals surface area (Å²) in [6, 6.07) is 10.9. The third kappa shape index (κ3) is 3.52. The van der Waals surface area contributed by atoms with E-state index in [1.807, 2.05) is 24.3 Å². The van der Waals surface area contributed by atoms with Gasteiger partial charge in [0.1, 0.15) is 12.9 Å². The summed E-state index contributed by atoms with van der Waals surface area (Å²) in [6.07, 6.45) is 0.715. The maximum absolute atomic E-state index is 10.8. The zero-order chi connectivity index (χ0) is 14.5. The van der Waals surface area contributed by atoms with Gasteiger partial charge in [0.2, 0.25) is 0 Å². The molecule has 20 heavy (non-hydrogen) atoms. The number of carbonyl (C=O) groups is 1. The number of methoxy groups -OCH3 is 1. The topological polar surface area (TPSA) is 35.5 Å². The minimum absolute atomic E-state index is 0.349. The fourth-order valence-electron chi connectivity index (χ4n) is 1.73. The molecule has 0 aromatic heterocycles. The Morgan fingerprint density at radius 2 is 2.10 bits per heavy atom. The Morgan fingerprint density at radius 1 is 1.30 bits per heavy atom. The summed E-state index contributed by atoms with van der Waals surface area (Å²) < 4.78 is 11.9. The first-order chi connectivity index (χ1) is 9.63. The number of ether oxygens (including phenoxy) is 2. The highest BCUT2D eigenvalue weighted by molar-refractivity contribution is 9.10. The first-order valence-electron chi connectivity index (χ1n) is 5.84. The van der Waals surface area contributed by atoms with E-state index in [-0.39, 0.29) is 0 Å². The van der Waals surface area contributed by atoms with Gasteiger partial charge in [-0.3, -0.25) is 4.79 Å². The smallest absolute Gasteiger partial charge is 0.180 e. The lowest BCUT2D eigenvalue weighted by Crippen LogP contribution is -1.99. The summed E-state index contributed by atoms with van der Waals surface area (Å²) in [5, 5.41) is 0.349. The Labute approximate surface area is 130 Å². The zero-order valence-corrected chi connectivity index (χ0v) is 13.1. The van der Waals surface area contributed by atoms with Crippen LogP contribution in [0.5, 0.6) is 11.5 Å². The molecule has 0 spiro atoms. The lowest BCUT2D eigenvalue weighted by molar-refractivity contribution is 0.112. The number of hydrogen-bond donors (Lipinski definition) is 0. The van der Waals surface area contributed by atoms with Crippen LogP contribution in [0.3, 0.4) is 0 Å². The minimum Gasteiger partial charge on any atom is -0.493 e. The van der Waals surface area contributed by atoms with Crippen molar-refractivity contribution in [2.75, 3.05) is 7.11 Å². The van der Waals surface area contributed by atoms with Crippen molar-refractivity contribution in [1.82, 2.24) is 0 Å². The van der Waals surface area contributed by atoms with E-state index >= 15 is 0 Å². The summed E-state index contributed by atoms with van der Waals surface area (Å²) in [6.45, 7) is 0.357. The molecule has 0 saturated carbocycles. The van der Waals surface area contributed by atoms with E-state index in [9.17, 15) is 4.79 Å². The van der Waals surface area contributed by atoms with E-state index < -0.39 is 0 Å². The zero-order valence-electron chi connectivity index (χ0n) is 10.7. The van der Waals surface area contributed by atoms with Crippen LogP contribution in [0.25, 0.3) is 0 Å². The van der Waals surface area contributed by atoms with Crippen LogP contribution in [0.15, 0.2) is 40.9 Å². The van der Waals surface area contributed by atoms with Gasteiger partial charge in [-0.05, 0) is 29.8 Å². The van der Waals surface area contributed by atoms with Crippen molar-refractivity contribution in [1.29, 1.82) is 0 Å². The number of rotatable bonds is 5. The van der Waals surface area contributed by atoms with Crippen molar-refractivity contribution < 1.29 is 14.3 Å². The van der Waals surface area contributed by atoms with Crippen molar-refractivity contribution in [2.45, 2.75) is 6.61 Å². The summed E-state index contributed by atoms with van der Waals surface area (Å²) >= 11 is 9.52. The van der Waals surface area contributed by atoms with Gasteiger partial charge in [0.15, 0.2) is 11.5 Å². The average molecular weight is 356 g/mol. The van der Waals surface area contributed by atoms with Gasteiger partial charge in [0, 0.05) is 10.0 Å². The van der Waals surface area contributed by atoms with Gasteiger partial charge < -0.3 is 9.47 Å². The van der Waals surface area contributed by atoms with Crippen LogP contribution < -0.4 is 9.47 Å². The summed E-state index contributed by atoms with van der Waals surface area (Å²) in [5.41, 5.74) is 1.44. The number of aldehydes is 1. The normalized spacial score (nSPS) is 10.2. The molecule has 0 aliphatic heterocycles.